The van der Waals surface area contributed by atoms with Crippen molar-refractivity contribution in [2.75, 3.05) is 0 Å². The molecule has 0 spiro atoms. The summed E-state index contributed by atoms with van der Waals surface area (Å²) in [5.41, 5.74) is -2.09. The van der Waals surface area contributed by atoms with E-state index in [0.717, 1.165) is 18.2 Å². The van der Waals surface area contributed by atoms with Crippen molar-refractivity contribution in [2.45, 2.75) is 6.18 Å². The molecule has 2 aromatic rings. The van der Waals surface area contributed by atoms with Crippen LogP contribution in [0.1, 0.15) is 5.56 Å². The normalized spacial score (nSPS) is 11.6. The number of phenolic OH excluding ortho intramolecular Hbond substituents is 1. The first kappa shape index (κ1) is 13.3. The fourth-order valence-corrected chi connectivity index (χ4v) is 1.74. The topological polar surface area (TPSA) is 20.2 Å². The fraction of sp³-hybridized carbons (Fsp3) is 0.0769. The second-order valence-electron chi connectivity index (χ2n) is 3.83. The van der Waals surface area contributed by atoms with Gasteiger partial charge in [0.15, 0.2) is 11.6 Å². The van der Waals surface area contributed by atoms with Gasteiger partial charge in [0, 0.05) is 11.6 Å². The van der Waals surface area contributed by atoms with Crippen LogP contribution < -0.4 is 0 Å². The zero-order valence-corrected chi connectivity index (χ0v) is 9.30. The molecule has 100 valence electrons. The van der Waals surface area contributed by atoms with Crippen molar-refractivity contribution in [3.8, 4) is 16.9 Å². The molecule has 1 N–H and O–H groups in total. The molecule has 2 rings (SSSR count). The van der Waals surface area contributed by atoms with Crippen molar-refractivity contribution in [2.24, 2.45) is 0 Å². The highest BCUT2D eigenvalue weighted by atomic mass is 19.4. The van der Waals surface area contributed by atoms with Crippen molar-refractivity contribution >= 4 is 0 Å². The highest BCUT2D eigenvalue weighted by molar-refractivity contribution is 5.73. The molecule has 0 saturated carbocycles. The van der Waals surface area contributed by atoms with E-state index in [4.69, 9.17) is 0 Å². The van der Waals surface area contributed by atoms with Crippen LogP contribution >= 0.6 is 0 Å². The minimum atomic E-state index is -4.69. The molecule has 0 heterocycles. The van der Waals surface area contributed by atoms with Crippen LogP contribution in [-0.4, -0.2) is 5.11 Å². The average molecular weight is 274 g/mol. The first-order valence-corrected chi connectivity index (χ1v) is 5.15. The Morgan fingerprint density at radius 3 is 2.16 bits per heavy atom. The first-order chi connectivity index (χ1) is 8.80. The predicted octanol–water partition coefficient (Wildman–Crippen LogP) is 4.36. The quantitative estimate of drug-likeness (QED) is 0.766. The van der Waals surface area contributed by atoms with Gasteiger partial charge in [0.1, 0.15) is 5.82 Å². The van der Waals surface area contributed by atoms with Gasteiger partial charge in [-0.15, -0.1) is 0 Å². The molecule has 0 aliphatic rings. The van der Waals surface area contributed by atoms with E-state index in [2.05, 4.69) is 0 Å². The number of hydrogen-bond donors (Lipinski definition) is 1. The fourth-order valence-electron chi connectivity index (χ4n) is 1.74. The van der Waals surface area contributed by atoms with Gasteiger partial charge in [-0.3, -0.25) is 0 Å². The van der Waals surface area contributed by atoms with Gasteiger partial charge in [0.05, 0.1) is 5.56 Å². The van der Waals surface area contributed by atoms with Gasteiger partial charge < -0.3 is 5.11 Å². The third-order valence-electron chi connectivity index (χ3n) is 2.55. The van der Waals surface area contributed by atoms with E-state index in [1.54, 1.807) is 0 Å². The van der Waals surface area contributed by atoms with Crippen LogP contribution in [0.5, 0.6) is 5.75 Å². The van der Waals surface area contributed by atoms with E-state index in [-0.39, 0.29) is 0 Å². The third-order valence-corrected chi connectivity index (χ3v) is 2.55. The van der Waals surface area contributed by atoms with Gasteiger partial charge in [0.2, 0.25) is 0 Å². The summed E-state index contributed by atoms with van der Waals surface area (Å²) in [4.78, 5) is 0. The van der Waals surface area contributed by atoms with E-state index in [1.165, 1.54) is 6.07 Å². The minimum absolute atomic E-state index is 0.398. The van der Waals surface area contributed by atoms with Crippen LogP contribution in [0.15, 0.2) is 36.4 Å². The second kappa shape index (κ2) is 4.53. The molecule has 0 atom stereocenters. The minimum Gasteiger partial charge on any atom is -0.504 e. The molecule has 0 fully saturated rings. The zero-order chi connectivity index (χ0) is 14.2. The van der Waals surface area contributed by atoms with Gasteiger partial charge in [0.25, 0.3) is 0 Å². The third kappa shape index (κ3) is 2.52. The maximum atomic E-state index is 13.2. The standard InChI is InChI=1S/C13H7F5O/c14-7-5-9(12(19)11(15)6-7)8-3-1-2-4-10(8)13(16,17)18/h1-6,19H. The SMILES string of the molecule is Oc1c(F)cc(F)cc1-c1ccccc1C(F)(F)F. The largest absolute Gasteiger partial charge is 0.504 e. The summed E-state index contributed by atoms with van der Waals surface area (Å²) in [6.07, 6.45) is -4.69. The summed E-state index contributed by atoms with van der Waals surface area (Å²) in [5, 5.41) is 9.46. The summed E-state index contributed by atoms with van der Waals surface area (Å²) in [6.45, 7) is 0. The molecule has 19 heavy (non-hydrogen) atoms. The number of aromatic hydroxyl groups is 1. The molecule has 0 radical (unpaired) electrons. The Morgan fingerprint density at radius 1 is 0.895 bits per heavy atom. The lowest BCUT2D eigenvalue weighted by Gasteiger charge is -2.14. The van der Waals surface area contributed by atoms with Gasteiger partial charge in [-0.2, -0.15) is 13.2 Å². The predicted molar refractivity (Wildman–Crippen MR) is 58.5 cm³/mol. The van der Waals surface area contributed by atoms with Crippen molar-refractivity contribution in [3.63, 3.8) is 0 Å². The first-order valence-electron chi connectivity index (χ1n) is 5.15. The van der Waals surface area contributed by atoms with Crippen molar-refractivity contribution in [3.05, 3.63) is 53.6 Å². The molecule has 0 aromatic heterocycles. The number of rotatable bonds is 1. The molecule has 0 aliphatic heterocycles. The number of alkyl halides is 3. The van der Waals surface area contributed by atoms with Gasteiger partial charge >= 0.3 is 6.18 Å². The lowest BCUT2D eigenvalue weighted by atomic mass is 9.98. The second-order valence-corrected chi connectivity index (χ2v) is 3.83. The molecule has 0 saturated heterocycles. The zero-order valence-electron chi connectivity index (χ0n) is 9.30. The van der Waals surface area contributed by atoms with E-state index < -0.39 is 40.3 Å². The van der Waals surface area contributed by atoms with E-state index in [0.29, 0.717) is 12.1 Å². The van der Waals surface area contributed by atoms with E-state index >= 15 is 0 Å². The Kier molecular flexibility index (Phi) is 3.18. The molecule has 0 amide bonds. The van der Waals surface area contributed by atoms with E-state index in [1.807, 2.05) is 0 Å². The maximum absolute atomic E-state index is 13.2. The van der Waals surface area contributed by atoms with Crippen LogP contribution in [0.25, 0.3) is 11.1 Å². The van der Waals surface area contributed by atoms with Crippen LogP contribution in [0, 0.1) is 11.6 Å². The Labute approximate surface area is 104 Å². The van der Waals surface area contributed by atoms with Gasteiger partial charge in [-0.1, -0.05) is 18.2 Å². The summed E-state index contributed by atoms with van der Waals surface area (Å²) in [6, 6.07) is 5.30. The van der Waals surface area contributed by atoms with Crippen molar-refractivity contribution < 1.29 is 27.1 Å². The molecule has 2 aromatic carbocycles. The van der Waals surface area contributed by atoms with Crippen LogP contribution in [-0.2, 0) is 6.18 Å². The number of hydrogen-bond acceptors (Lipinski definition) is 1. The lowest BCUT2D eigenvalue weighted by Crippen LogP contribution is -2.07. The molecule has 0 unspecified atom stereocenters. The Balaban J connectivity index is 2.73. The number of benzene rings is 2. The summed E-state index contributed by atoms with van der Waals surface area (Å²) >= 11 is 0. The molecule has 6 heteroatoms. The van der Waals surface area contributed by atoms with Crippen LogP contribution in [0.2, 0.25) is 0 Å². The summed E-state index contributed by atoms with van der Waals surface area (Å²) in [5.74, 6) is -3.40. The molecule has 1 nitrogen and oxygen atoms in total. The smallest absolute Gasteiger partial charge is 0.417 e. The number of halogens is 5. The van der Waals surface area contributed by atoms with Crippen molar-refractivity contribution in [1.29, 1.82) is 0 Å². The highest BCUT2D eigenvalue weighted by Crippen LogP contribution is 2.40. The monoisotopic (exact) mass is 274 g/mol. The summed E-state index contributed by atoms with van der Waals surface area (Å²) in [7, 11) is 0. The van der Waals surface area contributed by atoms with Crippen molar-refractivity contribution in [1.82, 2.24) is 0 Å². The summed E-state index contributed by atoms with van der Waals surface area (Å²) < 4.78 is 64.7. The Hall–Kier alpha value is -2.11. The van der Waals surface area contributed by atoms with Crippen LogP contribution in [0.3, 0.4) is 0 Å². The lowest BCUT2D eigenvalue weighted by molar-refractivity contribution is -0.137. The Morgan fingerprint density at radius 2 is 1.53 bits per heavy atom. The average Bonchev–Trinajstić information content (AvgIpc) is 2.33. The molecule has 0 aliphatic carbocycles. The number of phenols is 1. The maximum Gasteiger partial charge on any atom is 0.417 e. The van der Waals surface area contributed by atoms with Gasteiger partial charge in [-0.25, -0.2) is 8.78 Å². The van der Waals surface area contributed by atoms with Gasteiger partial charge in [-0.05, 0) is 17.7 Å². The Bertz CT molecular complexity index is 619. The molecular weight excluding hydrogens is 267 g/mol. The molecular formula is C13H7F5O. The highest BCUT2D eigenvalue weighted by Gasteiger charge is 2.34. The van der Waals surface area contributed by atoms with Crippen LogP contribution in [0.4, 0.5) is 22.0 Å². The molecule has 0 bridgehead atoms. The van der Waals surface area contributed by atoms with E-state index in [9.17, 15) is 27.1 Å².